The van der Waals surface area contributed by atoms with E-state index in [-0.39, 0.29) is 6.42 Å². The standard InChI is InChI=1S/C11H14F6O3/c1-2-3-7-6(4-5-18)8(19)20-9(7,10(12,13)14)11(15,16)17/h6-7,18H,2-5H2,1H3/t6-,7?/m1/s1. The number of carbonyl (C=O) groups excluding carboxylic acids is 1. The molecule has 1 fully saturated rings. The van der Waals surface area contributed by atoms with Crippen LogP contribution in [-0.2, 0) is 9.53 Å². The van der Waals surface area contributed by atoms with Crippen LogP contribution in [0.15, 0.2) is 0 Å². The van der Waals surface area contributed by atoms with Crippen molar-refractivity contribution in [2.75, 3.05) is 6.61 Å². The van der Waals surface area contributed by atoms with Crippen LogP contribution in [0, 0.1) is 11.8 Å². The first-order valence-corrected chi connectivity index (χ1v) is 6.00. The molecule has 0 amide bonds. The molecule has 1 aliphatic heterocycles. The second-order valence-electron chi connectivity index (χ2n) is 4.67. The molecule has 0 aliphatic carbocycles. The molecule has 9 heteroatoms. The summed E-state index contributed by atoms with van der Waals surface area (Å²) in [6.45, 7) is 0.724. The Morgan fingerprint density at radius 2 is 1.65 bits per heavy atom. The largest absolute Gasteiger partial charge is 0.439 e. The molecule has 118 valence electrons. The first kappa shape index (κ1) is 17.1. The number of aliphatic hydroxyl groups excluding tert-OH is 1. The van der Waals surface area contributed by atoms with E-state index in [4.69, 9.17) is 5.11 Å². The Bertz CT molecular complexity index is 348. The Kier molecular flexibility index (Phi) is 4.62. The van der Waals surface area contributed by atoms with Crippen molar-refractivity contribution in [2.24, 2.45) is 11.8 Å². The molecular weight excluding hydrogens is 294 g/mol. The maximum absolute atomic E-state index is 13.0. The zero-order valence-electron chi connectivity index (χ0n) is 10.5. The Hall–Kier alpha value is -0.990. The lowest BCUT2D eigenvalue weighted by molar-refractivity contribution is -0.374. The van der Waals surface area contributed by atoms with Crippen molar-refractivity contribution in [3.05, 3.63) is 0 Å². The quantitative estimate of drug-likeness (QED) is 0.642. The third-order valence-corrected chi connectivity index (χ3v) is 3.45. The molecule has 1 aliphatic rings. The van der Waals surface area contributed by atoms with Crippen LogP contribution in [0.3, 0.4) is 0 Å². The first-order valence-electron chi connectivity index (χ1n) is 6.00. The van der Waals surface area contributed by atoms with Gasteiger partial charge in [0.15, 0.2) is 0 Å². The molecule has 1 rings (SSSR count). The number of esters is 1. The topological polar surface area (TPSA) is 46.5 Å². The van der Waals surface area contributed by atoms with Crippen molar-refractivity contribution in [3.8, 4) is 0 Å². The molecule has 0 aromatic rings. The summed E-state index contributed by atoms with van der Waals surface area (Å²) in [5.41, 5.74) is -4.48. The lowest BCUT2D eigenvalue weighted by Crippen LogP contribution is -2.61. The zero-order chi connectivity index (χ0) is 15.8. The summed E-state index contributed by atoms with van der Waals surface area (Å²) >= 11 is 0. The van der Waals surface area contributed by atoms with Gasteiger partial charge in [-0.25, -0.2) is 0 Å². The second-order valence-corrected chi connectivity index (χ2v) is 4.67. The maximum atomic E-state index is 13.0. The van der Waals surface area contributed by atoms with Gasteiger partial charge in [0, 0.05) is 12.5 Å². The maximum Gasteiger partial charge on any atom is 0.437 e. The van der Waals surface area contributed by atoms with Crippen LogP contribution < -0.4 is 0 Å². The third-order valence-electron chi connectivity index (χ3n) is 3.45. The average molecular weight is 308 g/mol. The van der Waals surface area contributed by atoms with Gasteiger partial charge in [0.1, 0.15) is 0 Å². The van der Waals surface area contributed by atoms with Crippen LogP contribution in [0.2, 0.25) is 0 Å². The predicted octanol–water partition coefficient (Wildman–Crippen LogP) is 2.82. The normalized spacial score (nSPS) is 26.7. The molecule has 0 radical (unpaired) electrons. The number of aliphatic hydroxyl groups is 1. The fourth-order valence-corrected chi connectivity index (χ4v) is 2.63. The van der Waals surface area contributed by atoms with Gasteiger partial charge in [0.2, 0.25) is 0 Å². The zero-order valence-corrected chi connectivity index (χ0v) is 10.5. The number of rotatable bonds is 4. The van der Waals surface area contributed by atoms with Crippen molar-refractivity contribution < 1.29 is 41.0 Å². The van der Waals surface area contributed by atoms with Crippen LogP contribution >= 0.6 is 0 Å². The molecule has 3 nitrogen and oxygen atoms in total. The van der Waals surface area contributed by atoms with Crippen molar-refractivity contribution in [2.45, 2.75) is 44.1 Å². The number of alkyl halides is 6. The highest BCUT2D eigenvalue weighted by Gasteiger charge is 2.81. The van der Waals surface area contributed by atoms with Crippen LogP contribution in [0.1, 0.15) is 26.2 Å². The van der Waals surface area contributed by atoms with Crippen LogP contribution in [0.25, 0.3) is 0 Å². The molecule has 0 spiro atoms. The molecule has 1 unspecified atom stereocenters. The summed E-state index contributed by atoms with van der Waals surface area (Å²) in [7, 11) is 0. The lowest BCUT2D eigenvalue weighted by Gasteiger charge is -2.37. The van der Waals surface area contributed by atoms with Crippen LogP contribution in [-0.4, -0.2) is 35.6 Å². The Morgan fingerprint density at radius 1 is 1.15 bits per heavy atom. The molecule has 0 aromatic carbocycles. The molecule has 20 heavy (non-hydrogen) atoms. The lowest BCUT2D eigenvalue weighted by atomic mass is 9.76. The van der Waals surface area contributed by atoms with E-state index in [1.807, 2.05) is 0 Å². The number of carbonyl (C=O) groups is 1. The molecule has 0 saturated carbocycles. The summed E-state index contributed by atoms with van der Waals surface area (Å²) < 4.78 is 81.9. The van der Waals surface area contributed by atoms with Gasteiger partial charge >= 0.3 is 23.9 Å². The fraction of sp³-hybridized carbons (Fsp3) is 0.909. The third kappa shape index (κ3) is 2.47. The van der Waals surface area contributed by atoms with Crippen LogP contribution in [0.4, 0.5) is 26.3 Å². The monoisotopic (exact) mass is 308 g/mol. The fourth-order valence-electron chi connectivity index (χ4n) is 2.63. The summed E-state index contributed by atoms with van der Waals surface area (Å²) in [5, 5.41) is 8.74. The first-order chi connectivity index (χ1) is 9.03. The number of ether oxygens (including phenoxy) is 1. The molecule has 1 saturated heterocycles. The summed E-state index contributed by atoms with van der Waals surface area (Å²) in [5.74, 6) is -5.25. The van der Waals surface area contributed by atoms with Gasteiger partial charge < -0.3 is 9.84 Å². The van der Waals surface area contributed by atoms with Crippen LogP contribution in [0.5, 0.6) is 0 Å². The van der Waals surface area contributed by atoms with E-state index in [0.717, 1.165) is 0 Å². The average Bonchev–Trinajstić information content (AvgIpc) is 2.54. The molecular formula is C11H14F6O3. The van der Waals surface area contributed by atoms with Gasteiger partial charge in [-0.2, -0.15) is 26.3 Å². The smallest absolute Gasteiger partial charge is 0.437 e. The molecule has 2 atom stereocenters. The van der Waals surface area contributed by atoms with Crippen molar-refractivity contribution in [1.82, 2.24) is 0 Å². The van der Waals surface area contributed by atoms with Gasteiger partial charge in [-0.05, 0) is 12.8 Å². The van der Waals surface area contributed by atoms with E-state index >= 15 is 0 Å². The minimum Gasteiger partial charge on any atom is -0.439 e. The number of hydrogen-bond acceptors (Lipinski definition) is 3. The minimum absolute atomic E-state index is 0.0249. The SMILES string of the molecule is CCCC1[C@@H](CCO)C(=O)OC1(C(F)(F)F)C(F)(F)F. The van der Waals surface area contributed by atoms with Gasteiger partial charge in [-0.3, -0.25) is 4.79 Å². The Labute approximate surface area is 110 Å². The van der Waals surface area contributed by atoms with E-state index in [9.17, 15) is 31.1 Å². The van der Waals surface area contributed by atoms with Gasteiger partial charge in [0.25, 0.3) is 0 Å². The van der Waals surface area contributed by atoms with E-state index in [0.29, 0.717) is 0 Å². The molecule has 1 heterocycles. The number of halogens is 6. The second kappa shape index (κ2) is 5.42. The summed E-state index contributed by atoms with van der Waals surface area (Å²) in [6.07, 6.45) is -12.5. The predicted molar refractivity (Wildman–Crippen MR) is 54.5 cm³/mol. The van der Waals surface area contributed by atoms with Crippen molar-refractivity contribution >= 4 is 5.97 Å². The number of hydrogen-bond donors (Lipinski definition) is 1. The Morgan fingerprint density at radius 3 is 2.00 bits per heavy atom. The summed E-state index contributed by atoms with van der Waals surface area (Å²) in [6, 6.07) is 0. The highest BCUT2D eigenvalue weighted by molar-refractivity contribution is 5.76. The van der Waals surface area contributed by atoms with Gasteiger partial charge in [0.05, 0.1) is 5.92 Å². The molecule has 1 N–H and O–H groups in total. The van der Waals surface area contributed by atoms with Crippen molar-refractivity contribution in [1.29, 1.82) is 0 Å². The van der Waals surface area contributed by atoms with E-state index in [1.54, 1.807) is 0 Å². The van der Waals surface area contributed by atoms with E-state index in [2.05, 4.69) is 4.74 Å². The number of cyclic esters (lactones) is 1. The highest BCUT2D eigenvalue weighted by atomic mass is 19.4. The van der Waals surface area contributed by atoms with Gasteiger partial charge in [-0.1, -0.05) is 13.3 Å². The highest BCUT2D eigenvalue weighted by Crippen LogP contribution is 2.58. The summed E-state index contributed by atoms with van der Waals surface area (Å²) in [4.78, 5) is 11.4. The molecule has 0 aromatic heterocycles. The van der Waals surface area contributed by atoms with E-state index in [1.165, 1.54) is 6.92 Å². The van der Waals surface area contributed by atoms with Crippen molar-refractivity contribution in [3.63, 3.8) is 0 Å². The van der Waals surface area contributed by atoms with E-state index < -0.39 is 55.2 Å². The van der Waals surface area contributed by atoms with Gasteiger partial charge in [-0.15, -0.1) is 0 Å². The minimum atomic E-state index is -5.76. The molecule has 0 bridgehead atoms. The Balaban J connectivity index is 3.38.